The molecule has 3 aromatic heterocycles. The first kappa shape index (κ1) is 19.5. The van der Waals surface area contributed by atoms with Crippen molar-refractivity contribution in [1.29, 1.82) is 0 Å². The van der Waals surface area contributed by atoms with Crippen molar-refractivity contribution < 1.29 is 9.53 Å². The van der Waals surface area contributed by atoms with E-state index in [-0.39, 0.29) is 11.2 Å². The molecule has 3 aromatic rings. The molecule has 0 bridgehead atoms. The second-order valence-electron chi connectivity index (χ2n) is 6.47. The molecule has 3 heterocycles. The third kappa shape index (κ3) is 3.24. The minimum Gasteiger partial charge on any atom is -0.380 e. The maximum absolute atomic E-state index is 13.0. The number of carbonyl (C=O) groups excluding carboxylic acids is 1. The number of aromatic nitrogens is 6. The number of nitrogens with zero attached hydrogens (tertiary/aromatic N) is 6. The molecule has 0 unspecified atom stereocenters. The van der Waals surface area contributed by atoms with E-state index >= 15 is 0 Å². The van der Waals surface area contributed by atoms with E-state index in [1.165, 1.54) is 11.6 Å². The van der Waals surface area contributed by atoms with Crippen LogP contribution in [-0.4, -0.2) is 47.6 Å². The molecule has 0 aliphatic heterocycles. The van der Waals surface area contributed by atoms with Crippen LogP contribution in [-0.2, 0) is 29.7 Å². The number of imidazole rings is 1. The van der Waals surface area contributed by atoms with E-state index < -0.39 is 23.7 Å². The molecule has 28 heavy (non-hydrogen) atoms. The highest BCUT2D eigenvalue weighted by Crippen LogP contribution is 2.17. The molecule has 0 radical (unpaired) electrons. The molecule has 0 aliphatic carbocycles. The van der Waals surface area contributed by atoms with Crippen LogP contribution in [0, 0.1) is 13.8 Å². The Morgan fingerprint density at radius 1 is 1.25 bits per heavy atom. The average Bonchev–Trinajstić information content (AvgIpc) is 3.16. The lowest BCUT2D eigenvalue weighted by Crippen LogP contribution is -2.42. The Bertz CT molecular complexity index is 1170. The Hall–Kier alpha value is -3.21. The summed E-state index contributed by atoms with van der Waals surface area (Å²) < 4.78 is 10.8. The molecular formula is C17H23N7O4. The van der Waals surface area contributed by atoms with Gasteiger partial charge in [-0.3, -0.25) is 14.2 Å². The lowest BCUT2D eigenvalue weighted by atomic mass is 10.4. The summed E-state index contributed by atoms with van der Waals surface area (Å²) >= 11 is 0. The quantitative estimate of drug-likeness (QED) is 0.527. The third-order valence-electron chi connectivity index (χ3n) is 4.39. The van der Waals surface area contributed by atoms with E-state index in [1.54, 1.807) is 9.25 Å². The van der Waals surface area contributed by atoms with Crippen molar-refractivity contribution in [3.63, 3.8) is 0 Å². The summed E-state index contributed by atoms with van der Waals surface area (Å²) in [7, 11) is 1.49. The number of hydrogen-bond acceptors (Lipinski definition) is 6. The Morgan fingerprint density at radius 3 is 2.54 bits per heavy atom. The van der Waals surface area contributed by atoms with Gasteiger partial charge < -0.3 is 15.0 Å². The van der Waals surface area contributed by atoms with Crippen molar-refractivity contribution in [2.75, 3.05) is 13.2 Å². The van der Waals surface area contributed by atoms with E-state index in [0.29, 0.717) is 25.7 Å². The standard InChI is InChI=1S/C17H23N7O4/c1-5-28-7-6-22-13-14(19-16(22)24-11(3)8-10(2)20-24)21(4)17(27)23(15(13)26)9-12(18)25/h8H,5-7,9H2,1-4H3,(H2,18,25). The van der Waals surface area contributed by atoms with E-state index in [9.17, 15) is 14.4 Å². The number of hydrogen-bond donors (Lipinski definition) is 1. The van der Waals surface area contributed by atoms with Gasteiger partial charge in [0.15, 0.2) is 11.2 Å². The van der Waals surface area contributed by atoms with Crippen molar-refractivity contribution in [3.05, 3.63) is 38.3 Å². The van der Waals surface area contributed by atoms with E-state index in [0.717, 1.165) is 16.0 Å². The number of carbonyl (C=O) groups is 1. The number of aryl methyl sites for hydroxylation is 3. The summed E-state index contributed by atoms with van der Waals surface area (Å²) in [5.74, 6) is -0.387. The van der Waals surface area contributed by atoms with Crippen LogP contribution in [0.3, 0.4) is 0 Å². The Labute approximate surface area is 159 Å². The maximum Gasteiger partial charge on any atom is 0.332 e. The predicted octanol–water partition coefficient (Wildman–Crippen LogP) is -0.779. The van der Waals surface area contributed by atoms with E-state index in [2.05, 4.69) is 10.1 Å². The van der Waals surface area contributed by atoms with Gasteiger partial charge in [0, 0.05) is 25.9 Å². The van der Waals surface area contributed by atoms with Crippen LogP contribution in [0.15, 0.2) is 15.7 Å². The molecule has 1 amide bonds. The molecule has 0 spiro atoms. The average molecular weight is 389 g/mol. The largest absolute Gasteiger partial charge is 0.380 e. The van der Waals surface area contributed by atoms with Gasteiger partial charge in [-0.2, -0.15) is 10.1 Å². The molecule has 0 atom stereocenters. The smallest absolute Gasteiger partial charge is 0.332 e. The van der Waals surface area contributed by atoms with Crippen molar-refractivity contribution in [3.8, 4) is 5.95 Å². The number of amides is 1. The maximum atomic E-state index is 13.0. The number of primary amides is 1. The second-order valence-corrected chi connectivity index (χ2v) is 6.47. The van der Waals surface area contributed by atoms with Gasteiger partial charge in [-0.1, -0.05) is 0 Å². The first-order chi connectivity index (χ1) is 13.3. The van der Waals surface area contributed by atoms with Gasteiger partial charge in [0.2, 0.25) is 11.9 Å². The van der Waals surface area contributed by atoms with Gasteiger partial charge in [-0.25, -0.2) is 14.0 Å². The van der Waals surface area contributed by atoms with E-state index in [4.69, 9.17) is 10.5 Å². The first-order valence-electron chi connectivity index (χ1n) is 8.86. The summed E-state index contributed by atoms with van der Waals surface area (Å²) in [4.78, 5) is 41.5. The van der Waals surface area contributed by atoms with Gasteiger partial charge in [-0.05, 0) is 26.8 Å². The molecule has 150 valence electrons. The van der Waals surface area contributed by atoms with Crippen molar-refractivity contribution in [2.45, 2.75) is 33.9 Å². The fourth-order valence-electron chi connectivity index (χ4n) is 3.16. The van der Waals surface area contributed by atoms with Gasteiger partial charge in [0.05, 0.1) is 12.3 Å². The van der Waals surface area contributed by atoms with Gasteiger partial charge in [0.1, 0.15) is 6.54 Å². The predicted molar refractivity (Wildman–Crippen MR) is 102 cm³/mol. The Kier molecular flexibility index (Phi) is 5.18. The van der Waals surface area contributed by atoms with Crippen LogP contribution in [0.25, 0.3) is 17.1 Å². The highest BCUT2D eigenvalue weighted by Gasteiger charge is 2.23. The van der Waals surface area contributed by atoms with Crippen molar-refractivity contribution in [1.82, 2.24) is 28.5 Å². The normalized spacial score (nSPS) is 11.4. The summed E-state index contributed by atoms with van der Waals surface area (Å²) in [6.45, 7) is 6.27. The minimum atomic E-state index is -0.780. The SMILES string of the molecule is CCOCCn1c(-n2nc(C)cc2C)nc2c1c(=O)n(CC(N)=O)c(=O)n2C. The molecule has 0 saturated heterocycles. The first-order valence-corrected chi connectivity index (χ1v) is 8.86. The van der Waals surface area contributed by atoms with Crippen LogP contribution < -0.4 is 17.0 Å². The number of ether oxygens (including phenoxy) is 1. The van der Waals surface area contributed by atoms with Crippen molar-refractivity contribution >= 4 is 17.1 Å². The van der Waals surface area contributed by atoms with Crippen LogP contribution in [0.1, 0.15) is 18.3 Å². The van der Waals surface area contributed by atoms with Crippen LogP contribution in [0.5, 0.6) is 0 Å². The zero-order chi connectivity index (χ0) is 20.6. The molecular weight excluding hydrogens is 366 g/mol. The van der Waals surface area contributed by atoms with Gasteiger partial charge >= 0.3 is 5.69 Å². The molecule has 11 heteroatoms. The number of fused-ring (bicyclic) bond motifs is 1. The molecule has 0 aromatic carbocycles. The topological polar surface area (TPSA) is 132 Å². The molecule has 11 nitrogen and oxygen atoms in total. The fraction of sp³-hybridized carbons (Fsp3) is 0.471. The van der Waals surface area contributed by atoms with Gasteiger partial charge in [0.25, 0.3) is 5.56 Å². The summed E-state index contributed by atoms with van der Waals surface area (Å²) in [5.41, 5.74) is 5.92. The highest BCUT2D eigenvalue weighted by molar-refractivity contribution is 5.75. The highest BCUT2D eigenvalue weighted by atomic mass is 16.5. The fourth-order valence-corrected chi connectivity index (χ4v) is 3.16. The number of rotatable bonds is 7. The summed E-state index contributed by atoms with van der Waals surface area (Å²) in [6.07, 6.45) is 0. The molecule has 3 rings (SSSR count). The zero-order valence-electron chi connectivity index (χ0n) is 16.3. The van der Waals surface area contributed by atoms with Crippen molar-refractivity contribution in [2.24, 2.45) is 12.8 Å². The molecule has 0 fully saturated rings. The Morgan fingerprint density at radius 2 is 1.96 bits per heavy atom. The van der Waals surface area contributed by atoms with E-state index in [1.807, 2.05) is 26.8 Å². The number of nitrogens with two attached hydrogens (primary N) is 1. The Balaban J connectivity index is 2.36. The third-order valence-corrected chi connectivity index (χ3v) is 4.39. The lowest BCUT2D eigenvalue weighted by Gasteiger charge is -2.11. The van der Waals surface area contributed by atoms with Crippen LogP contribution >= 0.6 is 0 Å². The second kappa shape index (κ2) is 7.43. The summed E-state index contributed by atoms with van der Waals surface area (Å²) in [6, 6.07) is 1.89. The van der Waals surface area contributed by atoms with Crippen LogP contribution in [0.2, 0.25) is 0 Å². The minimum absolute atomic E-state index is 0.186. The molecule has 2 N–H and O–H groups in total. The monoisotopic (exact) mass is 389 g/mol. The summed E-state index contributed by atoms with van der Waals surface area (Å²) in [5, 5.41) is 4.44. The lowest BCUT2D eigenvalue weighted by molar-refractivity contribution is -0.118. The van der Waals surface area contributed by atoms with Gasteiger partial charge in [-0.15, -0.1) is 0 Å². The zero-order valence-corrected chi connectivity index (χ0v) is 16.3. The molecule has 0 saturated carbocycles. The molecule has 0 aliphatic rings. The van der Waals surface area contributed by atoms with Crippen LogP contribution in [0.4, 0.5) is 0 Å².